The van der Waals surface area contributed by atoms with Crippen LogP contribution in [0.4, 0.5) is 0 Å². The summed E-state index contributed by atoms with van der Waals surface area (Å²) in [6.07, 6.45) is 2.00. The van der Waals surface area contributed by atoms with Crippen LogP contribution in [-0.4, -0.2) is 80.5 Å². The predicted octanol–water partition coefficient (Wildman–Crippen LogP) is 3.62. The van der Waals surface area contributed by atoms with E-state index in [-0.39, 0.29) is 6.04 Å². The number of piperazine rings is 1. The molecule has 2 N–H and O–H groups in total. The van der Waals surface area contributed by atoms with Gasteiger partial charge in [-0.2, -0.15) is 0 Å². The Labute approximate surface area is 170 Å². The van der Waals surface area contributed by atoms with Crippen molar-refractivity contribution in [1.29, 1.82) is 0 Å². The third-order valence-electron chi connectivity index (χ3n) is 4.75. The van der Waals surface area contributed by atoms with E-state index < -0.39 is 7.72 Å². The number of benzene rings is 1. The van der Waals surface area contributed by atoms with Crippen molar-refractivity contribution in [2.45, 2.75) is 31.2 Å². The molecule has 1 aromatic rings. The number of nitrogens with zero attached hydrogens (tertiary/aromatic N) is 2. The lowest BCUT2D eigenvalue weighted by atomic mass is 10.2. The van der Waals surface area contributed by atoms with Crippen molar-refractivity contribution >= 4 is 19.5 Å². The molecule has 5 nitrogen and oxygen atoms in total. The van der Waals surface area contributed by atoms with E-state index in [1.165, 1.54) is 4.90 Å². The van der Waals surface area contributed by atoms with E-state index >= 15 is 0 Å². The fourth-order valence-corrected chi connectivity index (χ4v) is 6.60. The second-order valence-electron chi connectivity index (χ2n) is 7.12. The molecule has 0 aliphatic carbocycles. The standard InChI is InChI=1S/C20H37N3O2PS/c1-4-24-26(3,25-5-2)18-23-15-13-22(14-16-23)12-11-19(21)17-27-20-9-7-6-8-10-20/h6-10,19H,4-5,11-18,21H2,1-3H3/q+1/t19-/m1/s1. The maximum absolute atomic E-state index is 6.33. The van der Waals surface area contributed by atoms with Crippen LogP contribution in [0, 0.1) is 0 Å². The largest absolute Gasteiger partial charge is 0.327 e. The van der Waals surface area contributed by atoms with Crippen molar-refractivity contribution in [3.8, 4) is 0 Å². The number of thioether (sulfide) groups is 1. The lowest BCUT2D eigenvalue weighted by Gasteiger charge is -2.36. The highest BCUT2D eigenvalue weighted by Gasteiger charge is 2.38. The minimum absolute atomic E-state index is 0.248. The molecule has 1 aliphatic rings. The first kappa shape index (κ1) is 23.1. The summed E-state index contributed by atoms with van der Waals surface area (Å²) >= 11 is 1.86. The van der Waals surface area contributed by atoms with Gasteiger partial charge in [0.2, 0.25) is 0 Å². The summed E-state index contributed by atoms with van der Waals surface area (Å²) in [6.45, 7) is 13.2. The van der Waals surface area contributed by atoms with Gasteiger partial charge in [-0.1, -0.05) is 18.2 Å². The number of hydrogen-bond acceptors (Lipinski definition) is 6. The van der Waals surface area contributed by atoms with E-state index in [1.54, 1.807) is 0 Å². The number of nitrogens with two attached hydrogens (primary N) is 1. The fraction of sp³-hybridized carbons (Fsp3) is 0.700. The Morgan fingerprint density at radius 1 is 1.04 bits per heavy atom. The summed E-state index contributed by atoms with van der Waals surface area (Å²) in [5.41, 5.74) is 6.33. The third kappa shape index (κ3) is 8.78. The topological polar surface area (TPSA) is 51.0 Å². The van der Waals surface area contributed by atoms with Gasteiger partial charge in [0.05, 0.1) is 13.2 Å². The molecule has 0 radical (unpaired) electrons. The van der Waals surface area contributed by atoms with Crippen LogP contribution in [0.1, 0.15) is 20.3 Å². The molecule has 0 saturated carbocycles. The van der Waals surface area contributed by atoms with Gasteiger partial charge < -0.3 is 10.6 Å². The van der Waals surface area contributed by atoms with Gasteiger partial charge >= 0.3 is 0 Å². The summed E-state index contributed by atoms with van der Waals surface area (Å²) in [5.74, 6) is 0.982. The molecule has 0 unspecified atom stereocenters. The quantitative estimate of drug-likeness (QED) is 0.416. The first-order valence-corrected chi connectivity index (χ1v) is 13.3. The zero-order valence-corrected chi connectivity index (χ0v) is 18.9. The van der Waals surface area contributed by atoms with E-state index in [2.05, 4.69) is 60.6 Å². The minimum atomic E-state index is -1.74. The lowest BCUT2D eigenvalue weighted by molar-refractivity contribution is 0.135. The Morgan fingerprint density at radius 2 is 1.63 bits per heavy atom. The molecule has 1 fully saturated rings. The van der Waals surface area contributed by atoms with Crippen LogP contribution < -0.4 is 5.73 Å². The van der Waals surface area contributed by atoms with Crippen LogP contribution in [-0.2, 0) is 9.05 Å². The highest BCUT2D eigenvalue weighted by atomic mass is 32.2. The minimum Gasteiger partial charge on any atom is -0.327 e. The summed E-state index contributed by atoms with van der Waals surface area (Å²) in [4.78, 5) is 6.35. The smallest absolute Gasteiger partial charge is 0.286 e. The zero-order chi connectivity index (χ0) is 19.5. The SMILES string of the molecule is CCO[P+](C)(CN1CCN(CC[C@@H](N)CSc2ccccc2)CC1)OCC. The predicted molar refractivity (Wildman–Crippen MR) is 119 cm³/mol. The molecule has 0 amide bonds. The highest BCUT2D eigenvalue weighted by Crippen LogP contribution is 2.57. The molecule has 1 aromatic carbocycles. The van der Waals surface area contributed by atoms with Crippen molar-refractivity contribution in [3.05, 3.63) is 30.3 Å². The monoisotopic (exact) mass is 414 g/mol. The van der Waals surface area contributed by atoms with Crippen LogP contribution in [0.5, 0.6) is 0 Å². The summed E-state index contributed by atoms with van der Waals surface area (Å²) in [7, 11) is -1.74. The highest BCUT2D eigenvalue weighted by molar-refractivity contribution is 7.99. The van der Waals surface area contributed by atoms with Gasteiger partial charge in [0.25, 0.3) is 7.72 Å². The second kappa shape index (κ2) is 12.4. The van der Waals surface area contributed by atoms with Crippen LogP contribution in [0.3, 0.4) is 0 Å². The maximum Gasteiger partial charge on any atom is 0.286 e. The number of rotatable bonds is 12. The van der Waals surface area contributed by atoms with Gasteiger partial charge in [-0.15, -0.1) is 11.8 Å². The molecular weight excluding hydrogens is 377 g/mol. The van der Waals surface area contributed by atoms with Crippen molar-refractivity contribution in [3.63, 3.8) is 0 Å². The normalized spacial score (nSPS) is 17.9. The Bertz CT molecular complexity index is 509. The lowest BCUT2D eigenvalue weighted by Crippen LogP contribution is -2.48. The Hall–Kier alpha value is -0.200. The summed E-state index contributed by atoms with van der Waals surface area (Å²) < 4.78 is 11.9. The van der Waals surface area contributed by atoms with Gasteiger partial charge in [-0.25, -0.2) is 9.05 Å². The Kier molecular flexibility index (Phi) is 10.6. The molecule has 1 heterocycles. The summed E-state index contributed by atoms with van der Waals surface area (Å²) in [6, 6.07) is 10.8. The molecule has 7 heteroatoms. The van der Waals surface area contributed by atoms with Gasteiger partial charge in [0.1, 0.15) is 6.66 Å². The van der Waals surface area contributed by atoms with Crippen LogP contribution in [0.2, 0.25) is 0 Å². The molecule has 0 bridgehead atoms. The molecule has 1 aliphatic heterocycles. The molecule has 154 valence electrons. The van der Waals surface area contributed by atoms with E-state index in [1.807, 2.05) is 11.8 Å². The van der Waals surface area contributed by atoms with E-state index in [0.717, 1.165) is 64.4 Å². The molecular formula is C20H37N3O2PS+. The molecule has 27 heavy (non-hydrogen) atoms. The van der Waals surface area contributed by atoms with Gasteiger partial charge in [0.15, 0.2) is 6.29 Å². The van der Waals surface area contributed by atoms with Gasteiger partial charge in [-0.3, -0.25) is 4.90 Å². The molecule has 1 atom stereocenters. The van der Waals surface area contributed by atoms with E-state index in [0.29, 0.717) is 0 Å². The van der Waals surface area contributed by atoms with E-state index in [9.17, 15) is 0 Å². The van der Waals surface area contributed by atoms with Crippen molar-refractivity contribution in [2.75, 3.05) is 64.6 Å². The third-order valence-corrected chi connectivity index (χ3v) is 8.47. The van der Waals surface area contributed by atoms with Crippen LogP contribution in [0.25, 0.3) is 0 Å². The molecule has 1 saturated heterocycles. The van der Waals surface area contributed by atoms with E-state index in [4.69, 9.17) is 14.8 Å². The van der Waals surface area contributed by atoms with Crippen molar-refractivity contribution < 1.29 is 9.05 Å². The first-order chi connectivity index (χ1) is 13.0. The fourth-order valence-electron chi connectivity index (χ4n) is 3.33. The average Bonchev–Trinajstić information content (AvgIpc) is 2.67. The van der Waals surface area contributed by atoms with Gasteiger partial charge in [-0.05, 0) is 38.9 Å². The molecule has 2 rings (SSSR count). The summed E-state index contributed by atoms with van der Waals surface area (Å²) in [5, 5.41) is 0. The zero-order valence-electron chi connectivity index (χ0n) is 17.2. The Balaban J connectivity index is 1.63. The molecule has 0 spiro atoms. The second-order valence-corrected chi connectivity index (χ2v) is 11.0. The van der Waals surface area contributed by atoms with Crippen LogP contribution in [0.15, 0.2) is 35.2 Å². The average molecular weight is 415 g/mol. The van der Waals surface area contributed by atoms with Crippen molar-refractivity contribution in [2.24, 2.45) is 5.73 Å². The molecule has 0 aromatic heterocycles. The van der Waals surface area contributed by atoms with Crippen molar-refractivity contribution in [1.82, 2.24) is 9.80 Å². The maximum atomic E-state index is 6.33. The van der Waals surface area contributed by atoms with Gasteiger partial charge in [0, 0.05) is 42.9 Å². The number of hydrogen-bond donors (Lipinski definition) is 1. The Morgan fingerprint density at radius 3 is 2.22 bits per heavy atom. The first-order valence-electron chi connectivity index (χ1n) is 10.1. The van der Waals surface area contributed by atoms with Crippen LogP contribution >= 0.6 is 19.5 Å².